The number of nitrogens with zero attached hydrogens (tertiary/aromatic N) is 1. The summed E-state index contributed by atoms with van der Waals surface area (Å²) >= 11 is 0. The van der Waals surface area contributed by atoms with Gasteiger partial charge in [-0.2, -0.15) is 0 Å². The summed E-state index contributed by atoms with van der Waals surface area (Å²) in [6, 6.07) is 8.91. The molecule has 1 aromatic carbocycles. The van der Waals surface area contributed by atoms with E-state index in [0.717, 1.165) is 19.8 Å². The highest BCUT2D eigenvalue weighted by Gasteiger charge is 2.38. The highest BCUT2D eigenvalue weighted by Crippen LogP contribution is 2.29. The number of hydrogen-bond acceptors (Lipinski definition) is 3. The maximum absolute atomic E-state index is 5.87. The van der Waals surface area contributed by atoms with Crippen LogP contribution in [0.25, 0.3) is 0 Å². The fraction of sp³-hybridized carbons (Fsp3) is 0.625. The Kier molecular flexibility index (Phi) is 4.48. The second-order valence-corrected chi connectivity index (χ2v) is 5.95. The molecule has 3 nitrogen and oxygen atoms in total. The summed E-state index contributed by atoms with van der Waals surface area (Å²) in [6.45, 7) is 7.74. The molecule has 1 unspecified atom stereocenters. The fourth-order valence-electron chi connectivity index (χ4n) is 2.55. The standard InChI is InChI=1S/C16H26N2O/c1-4-13(2)14-5-7-15(8-6-14)18(3)10-16(9-17)11-19-12-16/h5-8,13H,4,9-12,17H2,1-3H3. The number of hydrogen-bond donors (Lipinski definition) is 1. The van der Waals surface area contributed by atoms with Crippen molar-refractivity contribution in [1.29, 1.82) is 0 Å². The molecule has 0 bridgehead atoms. The van der Waals surface area contributed by atoms with Gasteiger partial charge in [-0.25, -0.2) is 0 Å². The molecule has 0 aliphatic carbocycles. The Morgan fingerprint density at radius 2 is 1.95 bits per heavy atom. The third kappa shape index (κ3) is 3.10. The van der Waals surface area contributed by atoms with Crippen LogP contribution in [0.2, 0.25) is 0 Å². The van der Waals surface area contributed by atoms with Gasteiger partial charge in [0.05, 0.1) is 13.2 Å². The van der Waals surface area contributed by atoms with Crippen molar-refractivity contribution >= 4 is 5.69 Å². The van der Waals surface area contributed by atoms with E-state index in [-0.39, 0.29) is 5.41 Å². The Bertz CT molecular complexity index is 392. The molecule has 0 saturated carbocycles. The van der Waals surface area contributed by atoms with Crippen molar-refractivity contribution in [3.63, 3.8) is 0 Å². The Balaban J connectivity index is 2.01. The molecule has 1 saturated heterocycles. The van der Waals surface area contributed by atoms with E-state index in [1.54, 1.807) is 0 Å². The Hall–Kier alpha value is -1.06. The number of anilines is 1. The first-order valence-electron chi connectivity index (χ1n) is 7.19. The van der Waals surface area contributed by atoms with Crippen LogP contribution in [0.15, 0.2) is 24.3 Å². The zero-order chi connectivity index (χ0) is 13.9. The first-order valence-corrected chi connectivity index (χ1v) is 7.19. The maximum Gasteiger partial charge on any atom is 0.0574 e. The number of ether oxygens (including phenoxy) is 1. The second kappa shape index (κ2) is 5.93. The van der Waals surface area contributed by atoms with Crippen molar-refractivity contribution in [2.45, 2.75) is 26.2 Å². The average molecular weight is 262 g/mol. The van der Waals surface area contributed by atoms with Crippen molar-refractivity contribution in [3.8, 4) is 0 Å². The molecule has 3 heteroatoms. The minimum Gasteiger partial charge on any atom is -0.380 e. The molecule has 1 fully saturated rings. The molecule has 1 aliphatic rings. The van der Waals surface area contributed by atoms with Crippen LogP contribution in [-0.4, -0.2) is 33.4 Å². The quantitative estimate of drug-likeness (QED) is 0.856. The van der Waals surface area contributed by atoms with E-state index in [4.69, 9.17) is 10.5 Å². The lowest BCUT2D eigenvalue weighted by molar-refractivity contribution is -0.101. The van der Waals surface area contributed by atoms with Gasteiger partial charge in [-0.05, 0) is 30.0 Å². The Morgan fingerprint density at radius 1 is 1.32 bits per heavy atom. The summed E-state index contributed by atoms with van der Waals surface area (Å²) in [5.74, 6) is 0.634. The molecule has 1 heterocycles. The van der Waals surface area contributed by atoms with Gasteiger partial charge in [0.1, 0.15) is 0 Å². The SMILES string of the molecule is CCC(C)c1ccc(N(C)CC2(CN)COC2)cc1. The normalized spacial score (nSPS) is 18.7. The molecule has 106 valence electrons. The van der Waals surface area contributed by atoms with E-state index in [2.05, 4.69) is 50.1 Å². The van der Waals surface area contributed by atoms with Gasteiger partial charge in [-0.15, -0.1) is 0 Å². The van der Waals surface area contributed by atoms with E-state index in [1.165, 1.54) is 17.7 Å². The molecule has 19 heavy (non-hydrogen) atoms. The van der Waals surface area contributed by atoms with Crippen LogP contribution in [0.4, 0.5) is 5.69 Å². The second-order valence-electron chi connectivity index (χ2n) is 5.95. The minimum absolute atomic E-state index is 0.157. The lowest BCUT2D eigenvalue weighted by Crippen LogP contribution is -2.54. The molecule has 0 spiro atoms. The molecule has 0 radical (unpaired) electrons. The first-order chi connectivity index (χ1) is 9.10. The smallest absolute Gasteiger partial charge is 0.0574 e. The zero-order valence-corrected chi connectivity index (χ0v) is 12.4. The summed E-state index contributed by atoms with van der Waals surface area (Å²) in [7, 11) is 2.13. The van der Waals surface area contributed by atoms with E-state index in [1.807, 2.05) is 0 Å². The predicted octanol–water partition coefficient (Wildman–Crippen LogP) is 2.61. The van der Waals surface area contributed by atoms with E-state index in [0.29, 0.717) is 12.5 Å². The van der Waals surface area contributed by atoms with Crippen LogP contribution in [-0.2, 0) is 4.74 Å². The third-order valence-electron chi connectivity index (χ3n) is 4.34. The van der Waals surface area contributed by atoms with Crippen LogP contribution >= 0.6 is 0 Å². The molecule has 1 aliphatic heterocycles. The number of benzene rings is 1. The molecule has 0 aromatic heterocycles. The van der Waals surface area contributed by atoms with Gasteiger partial charge in [0.15, 0.2) is 0 Å². The minimum atomic E-state index is 0.157. The molecule has 1 aromatic rings. The van der Waals surface area contributed by atoms with E-state index in [9.17, 15) is 0 Å². The first kappa shape index (κ1) is 14.4. The monoisotopic (exact) mass is 262 g/mol. The fourth-order valence-corrected chi connectivity index (χ4v) is 2.55. The largest absolute Gasteiger partial charge is 0.380 e. The van der Waals surface area contributed by atoms with Gasteiger partial charge >= 0.3 is 0 Å². The van der Waals surface area contributed by atoms with Crippen molar-refractivity contribution < 1.29 is 4.74 Å². The van der Waals surface area contributed by atoms with Gasteiger partial charge in [-0.3, -0.25) is 0 Å². The van der Waals surface area contributed by atoms with Crippen molar-refractivity contribution in [3.05, 3.63) is 29.8 Å². The number of nitrogens with two attached hydrogens (primary N) is 1. The van der Waals surface area contributed by atoms with E-state index >= 15 is 0 Å². The summed E-state index contributed by atoms with van der Waals surface area (Å²) in [5.41, 5.74) is 8.70. The molecule has 2 rings (SSSR count). The average Bonchev–Trinajstić information content (AvgIpc) is 2.42. The van der Waals surface area contributed by atoms with Crippen LogP contribution in [0.1, 0.15) is 31.7 Å². The predicted molar refractivity (Wildman–Crippen MR) is 80.7 cm³/mol. The van der Waals surface area contributed by atoms with Crippen molar-refractivity contribution in [1.82, 2.24) is 0 Å². The summed E-state index contributed by atoms with van der Waals surface area (Å²) in [6.07, 6.45) is 1.18. The molecular weight excluding hydrogens is 236 g/mol. The van der Waals surface area contributed by atoms with Crippen LogP contribution in [0.5, 0.6) is 0 Å². The lowest BCUT2D eigenvalue weighted by atomic mass is 9.85. The highest BCUT2D eigenvalue weighted by atomic mass is 16.5. The maximum atomic E-state index is 5.87. The summed E-state index contributed by atoms with van der Waals surface area (Å²) < 4.78 is 5.32. The van der Waals surface area contributed by atoms with Gasteiger partial charge in [0.2, 0.25) is 0 Å². The van der Waals surface area contributed by atoms with Crippen LogP contribution in [0, 0.1) is 5.41 Å². The highest BCUT2D eigenvalue weighted by molar-refractivity contribution is 5.47. The van der Waals surface area contributed by atoms with Gasteiger partial charge < -0.3 is 15.4 Å². The summed E-state index contributed by atoms with van der Waals surface area (Å²) in [4.78, 5) is 2.29. The molecule has 0 amide bonds. The molecular formula is C16H26N2O. The van der Waals surface area contributed by atoms with E-state index < -0.39 is 0 Å². The van der Waals surface area contributed by atoms with Gasteiger partial charge in [0.25, 0.3) is 0 Å². The van der Waals surface area contributed by atoms with Gasteiger partial charge in [-0.1, -0.05) is 26.0 Å². The topological polar surface area (TPSA) is 38.5 Å². The third-order valence-corrected chi connectivity index (χ3v) is 4.34. The van der Waals surface area contributed by atoms with Crippen molar-refractivity contribution in [2.75, 3.05) is 38.3 Å². The molecule has 1 atom stereocenters. The zero-order valence-electron chi connectivity index (χ0n) is 12.4. The van der Waals surface area contributed by atoms with Crippen LogP contribution in [0.3, 0.4) is 0 Å². The Morgan fingerprint density at radius 3 is 2.37 bits per heavy atom. The summed E-state index contributed by atoms with van der Waals surface area (Å²) in [5, 5.41) is 0. The van der Waals surface area contributed by atoms with Crippen molar-refractivity contribution in [2.24, 2.45) is 11.1 Å². The van der Waals surface area contributed by atoms with Gasteiger partial charge in [0, 0.05) is 31.2 Å². The lowest BCUT2D eigenvalue weighted by Gasteiger charge is -2.43. The van der Waals surface area contributed by atoms with Crippen LogP contribution < -0.4 is 10.6 Å². The molecule has 2 N–H and O–H groups in total. The Labute approximate surface area is 116 Å². The number of rotatable bonds is 6.